The molecule has 0 saturated carbocycles. The maximum atomic E-state index is 11.3. The smallest absolute Gasteiger partial charge is 0.242 e. The summed E-state index contributed by atoms with van der Waals surface area (Å²) in [5.74, 6) is -0.580. The van der Waals surface area contributed by atoms with Crippen LogP contribution in [0, 0.1) is 17.2 Å². The van der Waals surface area contributed by atoms with Crippen LogP contribution in [0.4, 0.5) is 0 Å². The van der Waals surface area contributed by atoms with E-state index in [1.807, 2.05) is 36.4 Å². The Morgan fingerprint density at radius 1 is 1.36 bits per heavy atom. The van der Waals surface area contributed by atoms with E-state index < -0.39 is 5.92 Å². The summed E-state index contributed by atoms with van der Waals surface area (Å²) >= 11 is 0. The molecular formula is C11H10N2O. The van der Waals surface area contributed by atoms with Gasteiger partial charge in [-0.3, -0.25) is 4.79 Å². The fourth-order valence-corrected chi connectivity index (χ4v) is 1.83. The Bertz CT molecular complexity index is 393. The van der Waals surface area contributed by atoms with Gasteiger partial charge in [-0.05, 0) is 5.56 Å². The average molecular weight is 186 g/mol. The molecular weight excluding hydrogens is 176 g/mol. The zero-order chi connectivity index (χ0) is 10.1. The van der Waals surface area contributed by atoms with Gasteiger partial charge in [-0.1, -0.05) is 30.3 Å². The maximum Gasteiger partial charge on any atom is 0.242 e. The maximum absolute atomic E-state index is 11.3. The molecule has 1 amide bonds. The Morgan fingerprint density at radius 2 is 2.00 bits per heavy atom. The van der Waals surface area contributed by atoms with E-state index in [1.54, 1.807) is 11.9 Å². The number of carbonyl (C=O) groups excluding carboxylic acids is 1. The van der Waals surface area contributed by atoms with E-state index in [2.05, 4.69) is 0 Å². The summed E-state index contributed by atoms with van der Waals surface area (Å²) in [5.41, 5.74) is 1.03. The van der Waals surface area contributed by atoms with Crippen molar-refractivity contribution >= 4 is 5.91 Å². The summed E-state index contributed by atoms with van der Waals surface area (Å²) in [6, 6.07) is 11.6. The Morgan fingerprint density at radius 3 is 2.57 bits per heavy atom. The van der Waals surface area contributed by atoms with Crippen molar-refractivity contribution in [3.63, 3.8) is 0 Å². The number of nitriles is 1. The van der Waals surface area contributed by atoms with Crippen molar-refractivity contribution in [2.24, 2.45) is 5.92 Å². The van der Waals surface area contributed by atoms with Gasteiger partial charge in [-0.15, -0.1) is 0 Å². The quantitative estimate of drug-likeness (QED) is 0.621. The van der Waals surface area contributed by atoms with Crippen LogP contribution in [0.2, 0.25) is 0 Å². The molecule has 0 N–H and O–H groups in total. The Balaban J connectivity index is 2.29. The van der Waals surface area contributed by atoms with Crippen LogP contribution < -0.4 is 0 Å². The molecule has 1 heterocycles. The lowest BCUT2D eigenvalue weighted by Gasteiger charge is -2.41. The van der Waals surface area contributed by atoms with Crippen molar-refractivity contribution in [3.05, 3.63) is 35.9 Å². The van der Waals surface area contributed by atoms with Crippen LogP contribution in [-0.2, 0) is 4.79 Å². The summed E-state index contributed by atoms with van der Waals surface area (Å²) in [6.45, 7) is 0. The highest BCUT2D eigenvalue weighted by molar-refractivity contribution is 5.88. The Labute approximate surface area is 82.6 Å². The minimum Gasteiger partial charge on any atom is -0.336 e. The van der Waals surface area contributed by atoms with E-state index in [0.717, 1.165) is 5.56 Å². The first kappa shape index (κ1) is 8.76. The molecule has 2 atom stereocenters. The molecule has 3 heteroatoms. The molecule has 0 unspecified atom stereocenters. The van der Waals surface area contributed by atoms with Crippen LogP contribution in [-0.4, -0.2) is 17.9 Å². The van der Waals surface area contributed by atoms with Gasteiger partial charge in [0.25, 0.3) is 0 Å². The van der Waals surface area contributed by atoms with E-state index in [-0.39, 0.29) is 11.9 Å². The van der Waals surface area contributed by atoms with Crippen LogP contribution in [0.1, 0.15) is 11.6 Å². The molecule has 14 heavy (non-hydrogen) atoms. The highest BCUT2D eigenvalue weighted by Crippen LogP contribution is 2.37. The van der Waals surface area contributed by atoms with Gasteiger partial charge in [0, 0.05) is 7.05 Å². The van der Waals surface area contributed by atoms with Crippen LogP contribution in [0.3, 0.4) is 0 Å². The Kier molecular flexibility index (Phi) is 1.97. The predicted molar refractivity (Wildman–Crippen MR) is 51.1 cm³/mol. The SMILES string of the molecule is CN1C(=O)[C@@H](C#N)[C@H]1c1ccccc1. The first-order chi connectivity index (χ1) is 6.75. The summed E-state index contributed by atoms with van der Waals surface area (Å²) in [4.78, 5) is 12.9. The lowest BCUT2D eigenvalue weighted by Crippen LogP contribution is -2.51. The fourth-order valence-electron chi connectivity index (χ4n) is 1.83. The molecule has 70 valence electrons. The number of hydrogen-bond donors (Lipinski definition) is 0. The van der Waals surface area contributed by atoms with Crippen molar-refractivity contribution in [2.75, 3.05) is 7.05 Å². The summed E-state index contributed by atoms with van der Waals surface area (Å²) < 4.78 is 0. The molecule has 0 radical (unpaired) electrons. The number of rotatable bonds is 1. The van der Waals surface area contributed by atoms with Gasteiger partial charge >= 0.3 is 0 Å². The topological polar surface area (TPSA) is 44.1 Å². The van der Waals surface area contributed by atoms with Crippen molar-refractivity contribution in [2.45, 2.75) is 6.04 Å². The standard InChI is InChI=1S/C11H10N2O/c1-13-10(9(7-12)11(13)14)8-5-3-2-4-6-8/h2-6,9-10H,1H3/t9-,10+/m0/s1. The van der Waals surface area contributed by atoms with Gasteiger partial charge < -0.3 is 4.90 Å². The third kappa shape index (κ3) is 1.08. The third-order valence-corrected chi connectivity index (χ3v) is 2.63. The Hall–Kier alpha value is -1.82. The second-order valence-electron chi connectivity index (χ2n) is 3.41. The third-order valence-electron chi connectivity index (χ3n) is 2.63. The number of carbonyl (C=O) groups is 1. The molecule has 1 aromatic rings. The number of likely N-dealkylation sites (tertiary alicyclic amines) is 1. The van der Waals surface area contributed by atoms with Crippen molar-refractivity contribution in [3.8, 4) is 6.07 Å². The van der Waals surface area contributed by atoms with Gasteiger partial charge in [0.1, 0.15) is 5.92 Å². The number of β-lactam (4-membered cyclic amide) rings is 1. The largest absolute Gasteiger partial charge is 0.336 e. The highest BCUT2D eigenvalue weighted by atomic mass is 16.2. The monoisotopic (exact) mass is 186 g/mol. The number of nitrogens with zero attached hydrogens (tertiary/aromatic N) is 2. The number of hydrogen-bond acceptors (Lipinski definition) is 2. The van der Waals surface area contributed by atoms with E-state index in [1.165, 1.54) is 0 Å². The highest BCUT2D eigenvalue weighted by Gasteiger charge is 2.45. The van der Waals surface area contributed by atoms with Crippen LogP contribution in [0.25, 0.3) is 0 Å². The van der Waals surface area contributed by atoms with E-state index in [0.29, 0.717) is 0 Å². The zero-order valence-corrected chi connectivity index (χ0v) is 7.84. The summed E-state index contributed by atoms with van der Waals surface area (Å²) in [5, 5.41) is 8.81. The zero-order valence-electron chi connectivity index (χ0n) is 7.84. The van der Waals surface area contributed by atoms with Gasteiger partial charge in [0.05, 0.1) is 12.1 Å². The van der Waals surface area contributed by atoms with Crippen LogP contribution in [0.5, 0.6) is 0 Å². The van der Waals surface area contributed by atoms with Crippen LogP contribution >= 0.6 is 0 Å². The lowest BCUT2D eigenvalue weighted by molar-refractivity contribution is -0.149. The number of amides is 1. The first-order valence-electron chi connectivity index (χ1n) is 4.47. The van der Waals surface area contributed by atoms with Gasteiger partial charge in [0.2, 0.25) is 5.91 Å². The molecule has 0 bridgehead atoms. The second kappa shape index (κ2) is 3.15. The molecule has 1 aromatic carbocycles. The van der Waals surface area contributed by atoms with Gasteiger partial charge in [-0.25, -0.2) is 0 Å². The minimum absolute atomic E-state index is 0.0614. The van der Waals surface area contributed by atoms with Crippen molar-refractivity contribution in [1.82, 2.24) is 4.90 Å². The molecule has 1 aliphatic rings. The normalized spacial score (nSPS) is 25.4. The molecule has 0 spiro atoms. The fraction of sp³-hybridized carbons (Fsp3) is 0.273. The van der Waals surface area contributed by atoms with Crippen molar-refractivity contribution < 1.29 is 4.79 Å². The second-order valence-corrected chi connectivity index (χ2v) is 3.41. The molecule has 1 saturated heterocycles. The molecule has 2 rings (SSSR count). The van der Waals surface area contributed by atoms with E-state index in [4.69, 9.17) is 5.26 Å². The average Bonchev–Trinajstić information content (AvgIpc) is 2.25. The summed E-state index contributed by atoms with van der Waals surface area (Å²) in [7, 11) is 1.73. The lowest BCUT2D eigenvalue weighted by atomic mass is 9.84. The summed E-state index contributed by atoms with van der Waals surface area (Å²) in [6.07, 6.45) is 0. The van der Waals surface area contributed by atoms with E-state index >= 15 is 0 Å². The number of benzene rings is 1. The van der Waals surface area contributed by atoms with Crippen molar-refractivity contribution in [1.29, 1.82) is 5.26 Å². The predicted octanol–water partition coefficient (Wildman–Crippen LogP) is 1.34. The van der Waals surface area contributed by atoms with Crippen LogP contribution in [0.15, 0.2) is 30.3 Å². The molecule has 1 aliphatic heterocycles. The van der Waals surface area contributed by atoms with Gasteiger partial charge in [-0.2, -0.15) is 5.26 Å². The van der Waals surface area contributed by atoms with E-state index in [9.17, 15) is 4.79 Å². The van der Waals surface area contributed by atoms with Gasteiger partial charge in [0.15, 0.2) is 0 Å². The molecule has 3 nitrogen and oxygen atoms in total. The minimum atomic E-state index is -0.498. The first-order valence-corrected chi connectivity index (χ1v) is 4.47. The molecule has 0 aliphatic carbocycles. The molecule has 0 aromatic heterocycles. The molecule has 1 fully saturated rings.